The van der Waals surface area contributed by atoms with Gasteiger partial charge in [0.1, 0.15) is 11.8 Å². The second-order valence-electron chi connectivity index (χ2n) is 3.96. The highest BCUT2D eigenvalue weighted by Crippen LogP contribution is 2.36. The summed E-state index contributed by atoms with van der Waals surface area (Å²) in [5.74, 6) is 0. The van der Waals surface area contributed by atoms with Crippen LogP contribution < -0.4 is 0 Å². The Bertz CT molecular complexity index is 655. The van der Waals surface area contributed by atoms with Crippen LogP contribution in [0.3, 0.4) is 0 Å². The van der Waals surface area contributed by atoms with Gasteiger partial charge < -0.3 is 4.42 Å². The Labute approximate surface area is 104 Å². The Balaban J connectivity index is 2.03. The quantitative estimate of drug-likeness (QED) is 0.632. The number of hydrogen-bond donors (Lipinski definition) is 0. The van der Waals surface area contributed by atoms with E-state index in [-0.39, 0.29) is 0 Å². The molecule has 0 N–H and O–H groups in total. The highest BCUT2D eigenvalue weighted by molar-refractivity contribution is 7.99. The zero-order valence-corrected chi connectivity index (χ0v) is 10.3. The SMILES string of the molecule is Cc1ccccc1Sc1coc2ccccc12. The number of para-hydroxylation sites is 1. The third-order valence-corrected chi connectivity index (χ3v) is 3.97. The van der Waals surface area contributed by atoms with Gasteiger partial charge in [-0.3, -0.25) is 0 Å². The van der Waals surface area contributed by atoms with E-state index in [1.165, 1.54) is 20.7 Å². The van der Waals surface area contributed by atoms with Crippen molar-refractivity contribution in [3.8, 4) is 0 Å². The first-order chi connectivity index (χ1) is 8.34. The summed E-state index contributed by atoms with van der Waals surface area (Å²) in [5, 5.41) is 1.18. The second-order valence-corrected chi connectivity index (χ2v) is 5.05. The predicted octanol–water partition coefficient (Wildman–Crippen LogP) is 4.89. The van der Waals surface area contributed by atoms with E-state index in [0.717, 1.165) is 5.58 Å². The van der Waals surface area contributed by atoms with Gasteiger partial charge in [0.15, 0.2) is 0 Å². The molecule has 3 rings (SSSR count). The lowest BCUT2D eigenvalue weighted by atomic mass is 10.2. The first-order valence-corrected chi connectivity index (χ1v) is 6.36. The van der Waals surface area contributed by atoms with Gasteiger partial charge in [0.25, 0.3) is 0 Å². The Morgan fingerprint density at radius 3 is 2.53 bits per heavy atom. The zero-order valence-electron chi connectivity index (χ0n) is 9.51. The smallest absolute Gasteiger partial charge is 0.135 e. The van der Waals surface area contributed by atoms with Crippen LogP contribution in [0.1, 0.15) is 5.56 Å². The van der Waals surface area contributed by atoms with Gasteiger partial charge >= 0.3 is 0 Å². The molecule has 2 heteroatoms. The standard InChI is InChI=1S/C15H12OS/c1-11-6-2-5-9-14(11)17-15-10-16-13-8-4-3-7-12(13)15/h2-10H,1H3. The van der Waals surface area contributed by atoms with E-state index in [1.807, 2.05) is 24.5 Å². The van der Waals surface area contributed by atoms with Crippen molar-refractivity contribution in [1.29, 1.82) is 0 Å². The van der Waals surface area contributed by atoms with E-state index >= 15 is 0 Å². The molecule has 0 fully saturated rings. The summed E-state index contributed by atoms with van der Waals surface area (Å²) < 4.78 is 5.54. The monoisotopic (exact) mass is 240 g/mol. The molecule has 0 amide bonds. The minimum atomic E-state index is 0.948. The van der Waals surface area contributed by atoms with Crippen LogP contribution in [-0.2, 0) is 0 Å². The summed E-state index contributed by atoms with van der Waals surface area (Å²) in [4.78, 5) is 2.45. The van der Waals surface area contributed by atoms with Crippen LogP contribution in [0, 0.1) is 6.92 Å². The van der Waals surface area contributed by atoms with Crippen LogP contribution in [0.5, 0.6) is 0 Å². The molecule has 0 saturated carbocycles. The molecule has 3 aromatic rings. The Kier molecular flexibility index (Phi) is 2.65. The minimum Gasteiger partial charge on any atom is -0.463 e. The lowest BCUT2D eigenvalue weighted by Crippen LogP contribution is -1.77. The highest BCUT2D eigenvalue weighted by atomic mass is 32.2. The van der Waals surface area contributed by atoms with Crippen LogP contribution in [0.25, 0.3) is 11.0 Å². The minimum absolute atomic E-state index is 0.948. The molecule has 1 heterocycles. The van der Waals surface area contributed by atoms with Crippen LogP contribution in [0.2, 0.25) is 0 Å². The number of benzene rings is 2. The summed E-state index contributed by atoms with van der Waals surface area (Å²) >= 11 is 1.76. The Morgan fingerprint density at radius 2 is 1.65 bits per heavy atom. The summed E-state index contributed by atoms with van der Waals surface area (Å²) in [6, 6.07) is 16.5. The normalized spacial score (nSPS) is 10.9. The molecule has 0 bridgehead atoms. The first-order valence-electron chi connectivity index (χ1n) is 5.54. The van der Waals surface area contributed by atoms with E-state index < -0.39 is 0 Å². The van der Waals surface area contributed by atoms with Crippen molar-refractivity contribution in [3.05, 3.63) is 60.4 Å². The van der Waals surface area contributed by atoms with E-state index in [0.29, 0.717) is 0 Å². The van der Waals surface area contributed by atoms with Crippen molar-refractivity contribution in [1.82, 2.24) is 0 Å². The molecule has 0 radical (unpaired) electrons. The summed E-state index contributed by atoms with van der Waals surface area (Å²) in [7, 11) is 0. The van der Waals surface area contributed by atoms with E-state index in [4.69, 9.17) is 4.42 Å². The molecule has 0 aliphatic carbocycles. The molecule has 1 nitrogen and oxygen atoms in total. The van der Waals surface area contributed by atoms with Crippen molar-refractivity contribution < 1.29 is 4.42 Å². The molecular formula is C15H12OS. The molecule has 0 unspecified atom stereocenters. The molecule has 0 aliphatic rings. The van der Waals surface area contributed by atoms with Gasteiger partial charge in [-0.25, -0.2) is 0 Å². The third kappa shape index (κ3) is 1.96. The Morgan fingerprint density at radius 1 is 0.882 bits per heavy atom. The maximum absolute atomic E-state index is 5.54. The number of rotatable bonds is 2. The fraction of sp³-hybridized carbons (Fsp3) is 0.0667. The number of furan rings is 1. The topological polar surface area (TPSA) is 13.1 Å². The molecule has 0 atom stereocenters. The van der Waals surface area contributed by atoms with Crippen molar-refractivity contribution >= 4 is 22.7 Å². The van der Waals surface area contributed by atoms with Gasteiger partial charge in [-0.05, 0) is 30.7 Å². The lowest BCUT2D eigenvalue weighted by Gasteiger charge is -2.02. The summed E-state index contributed by atoms with van der Waals surface area (Å²) in [5.41, 5.74) is 2.24. The fourth-order valence-corrected chi connectivity index (χ4v) is 2.81. The molecule has 2 aromatic carbocycles. The second kappa shape index (κ2) is 4.30. The average molecular weight is 240 g/mol. The number of hydrogen-bond acceptors (Lipinski definition) is 2. The highest BCUT2D eigenvalue weighted by Gasteiger charge is 2.07. The number of fused-ring (bicyclic) bond motifs is 1. The van der Waals surface area contributed by atoms with Gasteiger partial charge in [0, 0.05) is 10.3 Å². The van der Waals surface area contributed by atoms with Crippen molar-refractivity contribution in [2.24, 2.45) is 0 Å². The summed E-state index contributed by atoms with van der Waals surface area (Å²) in [6.07, 6.45) is 1.84. The van der Waals surface area contributed by atoms with Gasteiger partial charge in [-0.1, -0.05) is 42.1 Å². The van der Waals surface area contributed by atoms with Gasteiger partial charge in [0.05, 0.1) is 4.90 Å². The predicted molar refractivity (Wildman–Crippen MR) is 71.5 cm³/mol. The fourth-order valence-electron chi connectivity index (χ4n) is 1.82. The number of aryl methyl sites for hydroxylation is 1. The van der Waals surface area contributed by atoms with E-state index in [9.17, 15) is 0 Å². The largest absolute Gasteiger partial charge is 0.463 e. The van der Waals surface area contributed by atoms with Crippen molar-refractivity contribution in [2.75, 3.05) is 0 Å². The van der Waals surface area contributed by atoms with Gasteiger partial charge in [-0.2, -0.15) is 0 Å². The maximum Gasteiger partial charge on any atom is 0.135 e. The van der Waals surface area contributed by atoms with Crippen LogP contribution >= 0.6 is 11.8 Å². The first kappa shape index (κ1) is 10.5. The molecule has 0 saturated heterocycles. The van der Waals surface area contributed by atoms with Crippen molar-refractivity contribution in [3.63, 3.8) is 0 Å². The molecule has 0 aliphatic heterocycles. The molecular weight excluding hydrogens is 228 g/mol. The van der Waals surface area contributed by atoms with Crippen LogP contribution in [-0.4, -0.2) is 0 Å². The molecule has 84 valence electrons. The van der Waals surface area contributed by atoms with E-state index in [2.05, 4.69) is 37.3 Å². The lowest BCUT2D eigenvalue weighted by molar-refractivity contribution is 0.608. The van der Waals surface area contributed by atoms with Gasteiger partial charge in [0.2, 0.25) is 0 Å². The summed E-state index contributed by atoms with van der Waals surface area (Å²) in [6.45, 7) is 2.13. The molecule has 17 heavy (non-hydrogen) atoms. The van der Waals surface area contributed by atoms with Gasteiger partial charge in [-0.15, -0.1) is 0 Å². The molecule has 1 aromatic heterocycles. The maximum atomic E-state index is 5.54. The van der Waals surface area contributed by atoms with Crippen LogP contribution in [0.15, 0.2) is 69.0 Å². The van der Waals surface area contributed by atoms with E-state index in [1.54, 1.807) is 11.8 Å². The van der Waals surface area contributed by atoms with Crippen molar-refractivity contribution in [2.45, 2.75) is 16.7 Å². The molecule has 0 spiro atoms. The zero-order chi connectivity index (χ0) is 11.7. The third-order valence-electron chi connectivity index (χ3n) is 2.76. The Hall–Kier alpha value is -1.67. The van der Waals surface area contributed by atoms with Crippen LogP contribution in [0.4, 0.5) is 0 Å². The average Bonchev–Trinajstić information content (AvgIpc) is 2.76.